The Bertz CT molecular complexity index is 179. The van der Waals surface area contributed by atoms with Gasteiger partial charge in [-0.15, -0.1) is 0 Å². The van der Waals surface area contributed by atoms with E-state index in [0.717, 1.165) is 32.5 Å². The third kappa shape index (κ3) is 9.94. The average molecular weight is 226 g/mol. The summed E-state index contributed by atoms with van der Waals surface area (Å²) in [5.74, 6) is 0. The topological polar surface area (TPSA) is 18.5 Å². The summed E-state index contributed by atoms with van der Waals surface area (Å²) in [5, 5.41) is 0. The van der Waals surface area contributed by atoms with Crippen LogP contribution in [0.25, 0.3) is 0 Å². The Hall–Kier alpha value is -0.600. The van der Waals surface area contributed by atoms with Gasteiger partial charge in [0.1, 0.15) is 0 Å². The molecule has 0 aliphatic heterocycles. The maximum atomic E-state index is 5.48. The van der Waals surface area contributed by atoms with Crippen molar-refractivity contribution in [2.45, 2.75) is 52.7 Å². The van der Waals surface area contributed by atoms with Gasteiger partial charge in [-0.25, -0.2) is 0 Å². The Morgan fingerprint density at radius 2 is 1.69 bits per heavy atom. The molecular weight excluding hydrogens is 200 g/mol. The summed E-state index contributed by atoms with van der Waals surface area (Å²) in [6.45, 7) is 7.49. The summed E-state index contributed by atoms with van der Waals surface area (Å²) in [6.07, 6.45) is 12.9. The SMILES string of the molecule is C/C=C/C=C/CCCCC(OCC)OCC. The molecule has 0 amide bonds. The van der Waals surface area contributed by atoms with Crippen LogP contribution in [0, 0.1) is 0 Å². The van der Waals surface area contributed by atoms with Crippen molar-refractivity contribution in [3.05, 3.63) is 24.3 Å². The van der Waals surface area contributed by atoms with Crippen molar-refractivity contribution in [2.24, 2.45) is 0 Å². The lowest BCUT2D eigenvalue weighted by Crippen LogP contribution is -2.17. The minimum atomic E-state index is -0.00508. The van der Waals surface area contributed by atoms with Crippen molar-refractivity contribution < 1.29 is 9.47 Å². The molecule has 0 rings (SSSR count). The fourth-order valence-electron chi connectivity index (χ4n) is 1.45. The van der Waals surface area contributed by atoms with Crippen LogP contribution in [0.4, 0.5) is 0 Å². The second kappa shape index (κ2) is 12.5. The zero-order valence-corrected chi connectivity index (χ0v) is 10.9. The van der Waals surface area contributed by atoms with Crippen LogP contribution in [0.5, 0.6) is 0 Å². The highest BCUT2D eigenvalue weighted by Crippen LogP contribution is 2.08. The Balaban J connectivity index is 3.46. The van der Waals surface area contributed by atoms with Crippen LogP contribution in [0.15, 0.2) is 24.3 Å². The zero-order valence-electron chi connectivity index (χ0n) is 10.9. The van der Waals surface area contributed by atoms with Crippen LogP contribution in [-0.4, -0.2) is 19.5 Å². The van der Waals surface area contributed by atoms with E-state index in [-0.39, 0.29) is 6.29 Å². The molecular formula is C14H26O2. The quantitative estimate of drug-likeness (QED) is 0.317. The average Bonchev–Trinajstić information content (AvgIpc) is 2.28. The molecule has 0 saturated heterocycles. The van der Waals surface area contributed by atoms with Crippen LogP contribution < -0.4 is 0 Å². The maximum absolute atomic E-state index is 5.48. The lowest BCUT2D eigenvalue weighted by atomic mass is 10.2. The van der Waals surface area contributed by atoms with E-state index in [0.29, 0.717) is 0 Å². The summed E-state index contributed by atoms with van der Waals surface area (Å²) in [5.41, 5.74) is 0. The second-order valence-electron chi connectivity index (χ2n) is 3.58. The van der Waals surface area contributed by atoms with Gasteiger partial charge in [-0.1, -0.05) is 24.3 Å². The molecule has 0 aromatic heterocycles. The van der Waals surface area contributed by atoms with E-state index in [1.807, 2.05) is 26.8 Å². The third-order valence-corrected chi connectivity index (χ3v) is 2.21. The summed E-state index contributed by atoms with van der Waals surface area (Å²) < 4.78 is 11.0. The fraction of sp³-hybridized carbons (Fsp3) is 0.714. The van der Waals surface area contributed by atoms with E-state index in [1.165, 1.54) is 6.42 Å². The summed E-state index contributed by atoms with van der Waals surface area (Å²) in [6, 6.07) is 0. The molecule has 16 heavy (non-hydrogen) atoms. The van der Waals surface area contributed by atoms with Gasteiger partial charge in [0.05, 0.1) is 0 Å². The van der Waals surface area contributed by atoms with Crippen LogP contribution in [0.3, 0.4) is 0 Å². The molecule has 94 valence electrons. The first kappa shape index (κ1) is 15.4. The van der Waals surface area contributed by atoms with Gasteiger partial charge in [0, 0.05) is 13.2 Å². The molecule has 0 heterocycles. The van der Waals surface area contributed by atoms with Gasteiger partial charge in [0.15, 0.2) is 6.29 Å². The van der Waals surface area contributed by atoms with Gasteiger partial charge in [-0.2, -0.15) is 0 Å². The Kier molecular flexibility index (Phi) is 12.0. The van der Waals surface area contributed by atoms with Gasteiger partial charge in [-0.3, -0.25) is 0 Å². The Morgan fingerprint density at radius 3 is 2.25 bits per heavy atom. The van der Waals surface area contributed by atoms with Crippen LogP contribution in [-0.2, 0) is 9.47 Å². The molecule has 0 radical (unpaired) electrons. The van der Waals surface area contributed by atoms with E-state index in [9.17, 15) is 0 Å². The van der Waals surface area contributed by atoms with Crippen molar-refractivity contribution >= 4 is 0 Å². The minimum absolute atomic E-state index is 0.00508. The van der Waals surface area contributed by atoms with Crippen molar-refractivity contribution in [2.75, 3.05) is 13.2 Å². The number of allylic oxidation sites excluding steroid dienone is 4. The molecule has 0 spiro atoms. The van der Waals surface area contributed by atoms with Crippen molar-refractivity contribution in [3.63, 3.8) is 0 Å². The fourth-order valence-corrected chi connectivity index (χ4v) is 1.45. The van der Waals surface area contributed by atoms with Crippen molar-refractivity contribution in [1.82, 2.24) is 0 Å². The summed E-state index contributed by atoms with van der Waals surface area (Å²) in [4.78, 5) is 0. The molecule has 0 bridgehead atoms. The van der Waals surface area contributed by atoms with E-state index in [1.54, 1.807) is 0 Å². The Morgan fingerprint density at radius 1 is 1.00 bits per heavy atom. The molecule has 0 atom stereocenters. The third-order valence-electron chi connectivity index (χ3n) is 2.21. The molecule has 0 aliphatic carbocycles. The van der Waals surface area contributed by atoms with Gasteiger partial charge in [0.25, 0.3) is 0 Å². The summed E-state index contributed by atoms with van der Waals surface area (Å²) >= 11 is 0. The van der Waals surface area contributed by atoms with Gasteiger partial charge in [-0.05, 0) is 46.5 Å². The first-order valence-electron chi connectivity index (χ1n) is 6.36. The second-order valence-corrected chi connectivity index (χ2v) is 3.58. The van der Waals surface area contributed by atoms with E-state index in [4.69, 9.17) is 9.47 Å². The molecule has 0 fully saturated rings. The number of unbranched alkanes of at least 4 members (excludes halogenated alkanes) is 2. The molecule has 0 aromatic rings. The smallest absolute Gasteiger partial charge is 0.157 e. The van der Waals surface area contributed by atoms with E-state index >= 15 is 0 Å². The van der Waals surface area contributed by atoms with Crippen LogP contribution in [0.1, 0.15) is 46.5 Å². The highest BCUT2D eigenvalue weighted by molar-refractivity contribution is 5.00. The molecule has 0 unspecified atom stereocenters. The normalized spacial score (nSPS) is 12.2. The maximum Gasteiger partial charge on any atom is 0.157 e. The molecule has 2 heteroatoms. The highest BCUT2D eigenvalue weighted by atomic mass is 16.7. The molecule has 0 aromatic carbocycles. The first-order valence-corrected chi connectivity index (χ1v) is 6.36. The number of hydrogen-bond donors (Lipinski definition) is 0. The van der Waals surface area contributed by atoms with Gasteiger partial charge >= 0.3 is 0 Å². The molecule has 0 N–H and O–H groups in total. The first-order chi connectivity index (χ1) is 7.85. The minimum Gasteiger partial charge on any atom is -0.353 e. The summed E-state index contributed by atoms with van der Waals surface area (Å²) in [7, 11) is 0. The Labute approximate surface area is 100 Å². The standard InChI is InChI=1S/C14H26O2/c1-4-7-8-9-10-11-12-13-14(15-5-2)16-6-3/h4,7-9,14H,5-6,10-13H2,1-3H3/b7-4+,9-8+. The highest BCUT2D eigenvalue weighted by Gasteiger charge is 2.06. The van der Waals surface area contributed by atoms with Gasteiger partial charge in [0.2, 0.25) is 0 Å². The monoisotopic (exact) mass is 226 g/mol. The lowest BCUT2D eigenvalue weighted by molar-refractivity contribution is -0.140. The van der Waals surface area contributed by atoms with Crippen LogP contribution >= 0.6 is 0 Å². The van der Waals surface area contributed by atoms with Crippen molar-refractivity contribution in [1.29, 1.82) is 0 Å². The van der Waals surface area contributed by atoms with E-state index < -0.39 is 0 Å². The lowest BCUT2D eigenvalue weighted by Gasteiger charge is -2.16. The number of hydrogen-bond acceptors (Lipinski definition) is 2. The molecule has 0 saturated carbocycles. The number of rotatable bonds is 10. The predicted molar refractivity (Wildman–Crippen MR) is 69.5 cm³/mol. The van der Waals surface area contributed by atoms with Crippen LogP contribution in [0.2, 0.25) is 0 Å². The van der Waals surface area contributed by atoms with E-state index in [2.05, 4.69) is 18.2 Å². The van der Waals surface area contributed by atoms with Crippen molar-refractivity contribution in [3.8, 4) is 0 Å². The number of ether oxygens (including phenoxy) is 2. The molecule has 0 aliphatic rings. The largest absolute Gasteiger partial charge is 0.353 e. The van der Waals surface area contributed by atoms with Gasteiger partial charge < -0.3 is 9.47 Å². The molecule has 2 nitrogen and oxygen atoms in total. The zero-order chi connectivity index (χ0) is 12.1. The predicted octanol–water partition coefficient (Wildman–Crippen LogP) is 4.08.